The van der Waals surface area contributed by atoms with Gasteiger partial charge >= 0.3 is 0 Å². The monoisotopic (exact) mass is 502 g/mol. The summed E-state index contributed by atoms with van der Waals surface area (Å²) >= 11 is 17.8. The number of amides is 1. The van der Waals surface area contributed by atoms with E-state index < -0.39 is 10.8 Å². The Morgan fingerprint density at radius 1 is 0.939 bits per heavy atom. The maximum atomic E-state index is 12.7. The molecule has 166 valence electrons. The minimum atomic E-state index is -0.580. The summed E-state index contributed by atoms with van der Waals surface area (Å²) in [7, 11) is 0. The second-order valence-electron chi connectivity index (χ2n) is 6.78. The molecule has 1 aromatic heterocycles. The fourth-order valence-corrected chi connectivity index (χ4v) is 3.32. The van der Waals surface area contributed by atoms with Gasteiger partial charge in [-0.25, -0.2) is 0 Å². The fraction of sp³-hybridized carbons (Fsp3) is 0. The molecule has 0 unspecified atom stereocenters. The topological polar surface area (TPSA) is 110 Å². The highest BCUT2D eigenvalue weighted by Crippen LogP contribution is 2.31. The molecule has 0 aliphatic carbocycles. The summed E-state index contributed by atoms with van der Waals surface area (Å²) < 4.78 is 5.68. The van der Waals surface area contributed by atoms with Crippen LogP contribution in [0.1, 0.15) is 10.5 Å². The van der Waals surface area contributed by atoms with Crippen LogP contribution in [0.3, 0.4) is 0 Å². The average molecular weight is 504 g/mol. The molecule has 33 heavy (non-hydrogen) atoms. The van der Waals surface area contributed by atoms with E-state index in [2.05, 4.69) is 15.5 Å². The smallest absolute Gasteiger partial charge is 0.275 e. The van der Waals surface area contributed by atoms with Crippen molar-refractivity contribution >= 4 is 52.1 Å². The zero-order valence-corrected chi connectivity index (χ0v) is 18.8. The molecule has 2 N–H and O–H groups in total. The summed E-state index contributed by atoms with van der Waals surface area (Å²) in [5.41, 5.74) is 1.20. The van der Waals surface area contributed by atoms with Crippen molar-refractivity contribution in [3.8, 4) is 22.8 Å². The van der Waals surface area contributed by atoms with E-state index in [1.54, 1.807) is 42.5 Å². The molecule has 0 aliphatic rings. The van der Waals surface area contributed by atoms with Gasteiger partial charge in [0.2, 0.25) is 0 Å². The molecule has 1 amide bonds. The number of nitro groups is 1. The number of aromatic amines is 1. The molecule has 0 bridgehead atoms. The number of carbonyl (C=O) groups is 1. The summed E-state index contributed by atoms with van der Waals surface area (Å²) in [6.07, 6.45) is 0. The number of anilines is 1. The van der Waals surface area contributed by atoms with Crippen molar-refractivity contribution in [2.75, 3.05) is 5.32 Å². The van der Waals surface area contributed by atoms with Gasteiger partial charge in [-0.2, -0.15) is 5.10 Å². The molecule has 1 heterocycles. The third kappa shape index (κ3) is 5.43. The van der Waals surface area contributed by atoms with Gasteiger partial charge < -0.3 is 10.1 Å². The number of nitrogens with zero attached hydrogens (tertiary/aromatic N) is 2. The molecule has 0 radical (unpaired) electrons. The Balaban J connectivity index is 1.56. The Morgan fingerprint density at radius 3 is 2.39 bits per heavy atom. The quantitative estimate of drug-likeness (QED) is 0.218. The summed E-state index contributed by atoms with van der Waals surface area (Å²) in [6.45, 7) is 0. The first kappa shape index (κ1) is 22.6. The van der Waals surface area contributed by atoms with Gasteiger partial charge in [0.1, 0.15) is 17.2 Å². The highest BCUT2D eigenvalue weighted by atomic mass is 35.5. The number of nitro benzene ring substituents is 1. The van der Waals surface area contributed by atoms with Gasteiger partial charge in [0.15, 0.2) is 0 Å². The number of carbonyl (C=O) groups excluding carboxylic acids is 1. The van der Waals surface area contributed by atoms with Gasteiger partial charge in [-0.1, -0.05) is 40.9 Å². The maximum Gasteiger partial charge on any atom is 0.275 e. The first-order chi connectivity index (χ1) is 15.8. The van der Waals surface area contributed by atoms with E-state index in [1.807, 2.05) is 0 Å². The van der Waals surface area contributed by atoms with E-state index >= 15 is 0 Å². The van der Waals surface area contributed by atoms with Gasteiger partial charge in [-0.3, -0.25) is 20.0 Å². The fourth-order valence-electron chi connectivity index (χ4n) is 2.90. The normalized spacial score (nSPS) is 10.6. The van der Waals surface area contributed by atoms with Gasteiger partial charge in [-0.05, 0) is 42.5 Å². The Kier molecular flexibility index (Phi) is 6.50. The van der Waals surface area contributed by atoms with E-state index in [1.165, 1.54) is 24.3 Å². The van der Waals surface area contributed by atoms with Crippen molar-refractivity contribution < 1.29 is 14.5 Å². The Bertz CT molecular complexity index is 1360. The number of hydrogen-bond donors (Lipinski definition) is 2. The lowest BCUT2D eigenvalue weighted by Gasteiger charge is -2.09. The van der Waals surface area contributed by atoms with Crippen LogP contribution >= 0.6 is 34.8 Å². The summed E-state index contributed by atoms with van der Waals surface area (Å²) in [5.74, 6) is 0.0479. The second kappa shape index (κ2) is 9.50. The van der Waals surface area contributed by atoms with Gasteiger partial charge in [0.05, 0.1) is 32.4 Å². The van der Waals surface area contributed by atoms with Crippen LogP contribution < -0.4 is 10.1 Å². The van der Waals surface area contributed by atoms with Crippen molar-refractivity contribution in [1.29, 1.82) is 0 Å². The van der Waals surface area contributed by atoms with Crippen LogP contribution in [0.2, 0.25) is 15.1 Å². The van der Waals surface area contributed by atoms with E-state index in [4.69, 9.17) is 39.5 Å². The molecule has 4 rings (SSSR count). The molecule has 0 fully saturated rings. The highest BCUT2D eigenvalue weighted by molar-refractivity contribution is 6.42. The molecule has 4 aromatic rings. The van der Waals surface area contributed by atoms with E-state index in [-0.39, 0.29) is 22.8 Å². The number of nitrogens with one attached hydrogen (secondary N) is 2. The standard InChI is InChI=1S/C22H13Cl3N4O4/c23-13-2-4-16(5-3-13)33-17-9-14(8-15(10-17)29(31)32)26-22(30)21-11-20(27-28-21)12-1-6-18(24)19(25)7-12/h1-11H,(H,26,30)(H,27,28). The number of non-ortho nitro benzene ring substituents is 1. The van der Waals surface area contributed by atoms with E-state index in [9.17, 15) is 14.9 Å². The number of H-pyrrole nitrogens is 1. The van der Waals surface area contributed by atoms with Gasteiger partial charge in [0, 0.05) is 22.7 Å². The summed E-state index contributed by atoms with van der Waals surface area (Å²) in [6, 6.07) is 16.9. The summed E-state index contributed by atoms with van der Waals surface area (Å²) in [4.78, 5) is 23.5. The second-order valence-corrected chi connectivity index (χ2v) is 8.03. The van der Waals surface area contributed by atoms with Crippen molar-refractivity contribution in [2.45, 2.75) is 0 Å². The molecule has 0 atom stereocenters. The van der Waals surface area contributed by atoms with Crippen LogP contribution in [0.15, 0.2) is 66.7 Å². The van der Waals surface area contributed by atoms with Crippen LogP contribution in [0.25, 0.3) is 11.3 Å². The number of hydrogen-bond acceptors (Lipinski definition) is 5. The number of halogens is 3. The molecule has 0 spiro atoms. The Morgan fingerprint density at radius 2 is 1.70 bits per heavy atom. The SMILES string of the molecule is O=C(Nc1cc(Oc2ccc(Cl)cc2)cc([N+](=O)[O-])c1)c1cc(-c2ccc(Cl)c(Cl)c2)n[nH]1. The van der Waals surface area contributed by atoms with E-state index in [0.717, 1.165) is 0 Å². The molecule has 0 saturated heterocycles. The minimum absolute atomic E-state index is 0.141. The third-order valence-electron chi connectivity index (χ3n) is 4.45. The molecular formula is C22H13Cl3N4O4. The van der Waals surface area contributed by atoms with Crippen molar-refractivity contribution in [3.63, 3.8) is 0 Å². The van der Waals surface area contributed by atoms with Crippen LogP contribution in [0.5, 0.6) is 11.5 Å². The maximum absolute atomic E-state index is 12.7. The number of benzene rings is 3. The van der Waals surface area contributed by atoms with E-state index in [0.29, 0.717) is 32.1 Å². The number of ether oxygens (including phenoxy) is 1. The largest absolute Gasteiger partial charge is 0.457 e. The molecule has 0 saturated carbocycles. The van der Waals surface area contributed by atoms with Crippen LogP contribution in [0, 0.1) is 10.1 Å². The van der Waals surface area contributed by atoms with Crippen molar-refractivity contribution in [3.05, 3.63) is 97.6 Å². The third-order valence-corrected chi connectivity index (χ3v) is 5.44. The lowest BCUT2D eigenvalue weighted by atomic mass is 10.1. The number of rotatable bonds is 6. The minimum Gasteiger partial charge on any atom is -0.457 e. The first-order valence-corrected chi connectivity index (χ1v) is 10.5. The predicted molar refractivity (Wildman–Crippen MR) is 127 cm³/mol. The molecule has 3 aromatic carbocycles. The molecular weight excluding hydrogens is 491 g/mol. The summed E-state index contributed by atoms with van der Waals surface area (Å²) in [5, 5.41) is 22.0. The van der Waals surface area contributed by atoms with Crippen molar-refractivity contribution in [1.82, 2.24) is 10.2 Å². The zero-order valence-electron chi connectivity index (χ0n) is 16.5. The lowest BCUT2D eigenvalue weighted by Crippen LogP contribution is -2.12. The Hall–Kier alpha value is -3.59. The zero-order chi connectivity index (χ0) is 23.5. The Labute approximate surface area is 202 Å². The van der Waals surface area contributed by atoms with Crippen LogP contribution in [-0.2, 0) is 0 Å². The predicted octanol–water partition coefficient (Wildman–Crippen LogP) is 6.99. The number of aromatic nitrogens is 2. The van der Waals surface area contributed by atoms with Crippen LogP contribution in [0.4, 0.5) is 11.4 Å². The van der Waals surface area contributed by atoms with Crippen LogP contribution in [-0.4, -0.2) is 21.0 Å². The first-order valence-electron chi connectivity index (χ1n) is 9.33. The average Bonchev–Trinajstić information content (AvgIpc) is 3.27. The molecule has 0 aliphatic heterocycles. The lowest BCUT2D eigenvalue weighted by molar-refractivity contribution is -0.384. The van der Waals surface area contributed by atoms with Crippen molar-refractivity contribution in [2.24, 2.45) is 0 Å². The highest BCUT2D eigenvalue weighted by Gasteiger charge is 2.16. The van der Waals surface area contributed by atoms with Gasteiger partial charge in [0.25, 0.3) is 11.6 Å². The molecule has 8 nitrogen and oxygen atoms in total. The molecule has 11 heteroatoms. The van der Waals surface area contributed by atoms with Gasteiger partial charge in [-0.15, -0.1) is 0 Å².